The van der Waals surface area contributed by atoms with E-state index in [1.807, 2.05) is 51.3 Å². The number of nitrogens with zero attached hydrogens (tertiary/aromatic N) is 3. The predicted octanol–water partition coefficient (Wildman–Crippen LogP) is 6.84. The predicted molar refractivity (Wildman–Crippen MR) is 150 cm³/mol. The zero-order valence-corrected chi connectivity index (χ0v) is 24.6. The normalized spacial score (nSPS) is 12.0. The van der Waals surface area contributed by atoms with Gasteiger partial charge < -0.3 is 15.2 Å². The molecule has 0 radical (unpaired) electrons. The lowest BCUT2D eigenvalue weighted by molar-refractivity contribution is -0.113. The van der Waals surface area contributed by atoms with Crippen LogP contribution in [0.5, 0.6) is 0 Å². The largest absolute Gasteiger partial charge is 0.342 e. The second-order valence-electron chi connectivity index (χ2n) is 8.66. The molecule has 1 aromatic heterocycles. The number of rotatable bonds is 9. The quantitative estimate of drug-likeness (QED) is 0.258. The zero-order valence-electron chi connectivity index (χ0n) is 20.7. The van der Waals surface area contributed by atoms with Crippen molar-refractivity contribution < 1.29 is 9.59 Å². The molecule has 36 heavy (non-hydrogen) atoms. The SMILES string of the molecule is CCn1c(SCC(=O)Nc2c(C)cc(Br)cc2C)nnc1[C@H](NC(=O)c1ccc(Cl)c(Cl)c1)C(C)C. The molecule has 0 bridgehead atoms. The lowest BCUT2D eigenvalue weighted by atomic mass is 10.0. The minimum absolute atomic E-state index is 0.0377. The maximum atomic E-state index is 12.9. The zero-order chi connectivity index (χ0) is 26.6. The van der Waals surface area contributed by atoms with Crippen molar-refractivity contribution in [3.8, 4) is 0 Å². The van der Waals surface area contributed by atoms with E-state index in [9.17, 15) is 9.59 Å². The van der Waals surface area contributed by atoms with Gasteiger partial charge >= 0.3 is 0 Å². The summed E-state index contributed by atoms with van der Waals surface area (Å²) < 4.78 is 2.90. The Labute approximate surface area is 233 Å². The molecule has 0 spiro atoms. The molecule has 0 saturated heterocycles. The molecule has 2 N–H and O–H groups in total. The van der Waals surface area contributed by atoms with Gasteiger partial charge in [-0.3, -0.25) is 9.59 Å². The van der Waals surface area contributed by atoms with Gasteiger partial charge in [0.15, 0.2) is 11.0 Å². The lowest BCUT2D eigenvalue weighted by Crippen LogP contribution is -2.33. The number of hydrogen-bond acceptors (Lipinski definition) is 5. The van der Waals surface area contributed by atoms with Crippen molar-refractivity contribution in [2.45, 2.75) is 52.4 Å². The maximum Gasteiger partial charge on any atom is 0.251 e. The minimum Gasteiger partial charge on any atom is -0.342 e. The van der Waals surface area contributed by atoms with E-state index in [2.05, 4.69) is 36.8 Å². The Kier molecular flexibility index (Phi) is 9.86. The first-order valence-corrected chi connectivity index (χ1v) is 13.9. The molecule has 11 heteroatoms. The number of amides is 2. The molecular formula is C25H28BrCl2N5O2S. The Bertz CT molecular complexity index is 1260. The van der Waals surface area contributed by atoms with Crippen molar-refractivity contribution >= 4 is 68.4 Å². The second kappa shape index (κ2) is 12.4. The highest BCUT2D eigenvalue weighted by atomic mass is 79.9. The van der Waals surface area contributed by atoms with Crippen molar-refractivity contribution in [2.75, 3.05) is 11.1 Å². The Morgan fingerprint density at radius 2 is 1.75 bits per heavy atom. The summed E-state index contributed by atoms with van der Waals surface area (Å²) in [6.07, 6.45) is 0. The molecule has 0 fully saturated rings. The maximum absolute atomic E-state index is 12.9. The van der Waals surface area contributed by atoms with Crippen molar-refractivity contribution in [3.05, 3.63) is 67.4 Å². The molecule has 1 atom stereocenters. The third-order valence-electron chi connectivity index (χ3n) is 5.57. The Morgan fingerprint density at radius 3 is 2.33 bits per heavy atom. The second-order valence-corrected chi connectivity index (χ2v) is 11.3. The molecule has 3 rings (SSSR count). The molecule has 2 amide bonds. The Morgan fingerprint density at radius 1 is 1.08 bits per heavy atom. The smallest absolute Gasteiger partial charge is 0.251 e. The Balaban J connectivity index is 1.74. The van der Waals surface area contributed by atoms with Gasteiger partial charge in [0.05, 0.1) is 21.8 Å². The van der Waals surface area contributed by atoms with E-state index in [4.69, 9.17) is 23.2 Å². The van der Waals surface area contributed by atoms with Gasteiger partial charge in [-0.1, -0.05) is 64.7 Å². The molecule has 0 unspecified atom stereocenters. The standard InChI is InChI=1S/C25H28BrCl2N5O2S/c1-6-33-23(21(13(2)3)30-24(35)16-7-8-18(27)19(28)11-16)31-32-25(33)36-12-20(34)29-22-14(4)9-17(26)10-15(22)5/h7-11,13,21H,6,12H2,1-5H3,(H,29,34)(H,30,35)/t21-/m1/s1. The summed E-state index contributed by atoms with van der Waals surface area (Å²) in [5, 5.41) is 16.1. The van der Waals surface area contributed by atoms with Crippen LogP contribution in [0.2, 0.25) is 10.0 Å². The number of hydrogen-bond donors (Lipinski definition) is 2. The van der Waals surface area contributed by atoms with Crippen LogP contribution in [0.3, 0.4) is 0 Å². The summed E-state index contributed by atoms with van der Waals surface area (Å²) in [5.41, 5.74) is 3.18. The number of carbonyl (C=O) groups is 2. The fourth-order valence-corrected chi connectivity index (χ4v) is 5.53. The summed E-state index contributed by atoms with van der Waals surface area (Å²) >= 11 is 16.8. The summed E-state index contributed by atoms with van der Waals surface area (Å²) in [6.45, 7) is 10.5. The monoisotopic (exact) mass is 611 g/mol. The van der Waals surface area contributed by atoms with E-state index in [-0.39, 0.29) is 23.5 Å². The lowest BCUT2D eigenvalue weighted by Gasteiger charge is -2.22. The van der Waals surface area contributed by atoms with Crippen molar-refractivity contribution in [2.24, 2.45) is 5.92 Å². The first-order valence-electron chi connectivity index (χ1n) is 11.4. The number of thioether (sulfide) groups is 1. The van der Waals surface area contributed by atoms with Crippen molar-refractivity contribution in [3.63, 3.8) is 0 Å². The number of nitrogens with one attached hydrogen (secondary N) is 2. The van der Waals surface area contributed by atoms with Crippen LogP contribution in [-0.2, 0) is 11.3 Å². The van der Waals surface area contributed by atoms with Gasteiger partial charge in [0.25, 0.3) is 5.91 Å². The van der Waals surface area contributed by atoms with Gasteiger partial charge in [0.1, 0.15) is 0 Å². The van der Waals surface area contributed by atoms with Crippen LogP contribution >= 0.6 is 50.9 Å². The molecule has 0 saturated carbocycles. The van der Waals surface area contributed by atoms with Crippen LogP contribution in [0.4, 0.5) is 5.69 Å². The molecular weight excluding hydrogens is 585 g/mol. The highest BCUT2D eigenvalue weighted by Gasteiger charge is 2.26. The third kappa shape index (κ3) is 6.82. The van der Waals surface area contributed by atoms with E-state index >= 15 is 0 Å². The molecule has 0 aliphatic carbocycles. The van der Waals surface area contributed by atoms with Gasteiger partial charge in [-0.05, 0) is 68.1 Å². The summed E-state index contributed by atoms with van der Waals surface area (Å²) in [6, 6.07) is 8.29. The van der Waals surface area contributed by atoms with Crippen LogP contribution in [0.15, 0.2) is 40.0 Å². The van der Waals surface area contributed by atoms with Gasteiger partial charge in [0.2, 0.25) is 5.91 Å². The van der Waals surface area contributed by atoms with E-state index in [1.54, 1.807) is 12.1 Å². The topological polar surface area (TPSA) is 88.9 Å². The fraction of sp³-hybridized carbons (Fsp3) is 0.360. The van der Waals surface area contributed by atoms with E-state index < -0.39 is 6.04 Å². The molecule has 192 valence electrons. The van der Waals surface area contributed by atoms with Crippen LogP contribution in [0, 0.1) is 19.8 Å². The number of halogens is 3. The highest BCUT2D eigenvalue weighted by Crippen LogP contribution is 2.28. The molecule has 3 aromatic rings. The average molecular weight is 613 g/mol. The number of aromatic nitrogens is 3. The van der Waals surface area contributed by atoms with Gasteiger partial charge in [-0.2, -0.15) is 0 Å². The number of benzene rings is 2. The average Bonchev–Trinajstić information content (AvgIpc) is 3.22. The van der Waals surface area contributed by atoms with E-state index in [1.165, 1.54) is 17.8 Å². The van der Waals surface area contributed by atoms with Gasteiger partial charge in [0, 0.05) is 22.3 Å². The van der Waals surface area contributed by atoms with Crippen LogP contribution in [0.25, 0.3) is 0 Å². The molecule has 0 aliphatic rings. The van der Waals surface area contributed by atoms with Crippen molar-refractivity contribution in [1.29, 1.82) is 0 Å². The van der Waals surface area contributed by atoms with Crippen LogP contribution < -0.4 is 10.6 Å². The first-order chi connectivity index (χ1) is 17.0. The van der Waals surface area contributed by atoms with Gasteiger partial charge in [-0.25, -0.2) is 0 Å². The highest BCUT2D eigenvalue weighted by molar-refractivity contribution is 9.10. The van der Waals surface area contributed by atoms with E-state index in [0.29, 0.717) is 33.1 Å². The number of anilines is 1. The molecule has 7 nitrogen and oxygen atoms in total. The Hall–Kier alpha value is -2.07. The van der Waals surface area contributed by atoms with Gasteiger partial charge in [-0.15, -0.1) is 10.2 Å². The van der Waals surface area contributed by atoms with Crippen molar-refractivity contribution in [1.82, 2.24) is 20.1 Å². The fourth-order valence-electron chi connectivity index (χ4n) is 3.74. The minimum atomic E-state index is -0.393. The summed E-state index contributed by atoms with van der Waals surface area (Å²) in [7, 11) is 0. The first kappa shape index (κ1) is 28.5. The number of aryl methyl sites for hydroxylation is 2. The van der Waals surface area contributed by atoms with E-state index in [0.717, 1.165) is 21.3 Å². The molecule has 0 aliphatic heterocycles. The molecule has 1 heterocycles. The number of carbonyl (C=O) groups excluding carboxylic acids is 2. The van der Waals surface area contributed by atoms with Crippen LogP contribution in [0.1, 0.15) is 54.1 Å². The third-order valence-corrected chi connectivity index (χ3v) is 7.73. The molecule has 2 aromatic carbocycles. The summed E-state index contributed by atoms with van der Waals surface area (Å²) in [4.78, 5) is 25.6. The van der Waals surface area contributed by atoms with Crippen LogP contribution in [-0.4, -0.2) is 32.3 Å². The summed E-state index contributed by atoms with van der Waals surface area (Å²) in [5.74, 6) is 0.426.